The maximum absolute atomic E-state index is 14.2. The van der Waals surface area contributed by atoms with Crippen LogP contribution in [-0.2, 0) is 30.5 Å². The second kappa shape index (κ2) is 23.2. The van der Waals surface area contributed by atoms with Gasteiger partial charge in [0.25, 0.3) is 5.91 Å². The van der Waals surface area contributed by atoms with Crippen molar-refractivity contribution in [3.8, 4) is 22.6 Å². The van der Waals surface area contributed by atoms with Gasteiger partial charge in [-0.2, -0.15) is 0 Å². The molecule has 10 N–H and O–H groups in total. The van der Waals surface area contributed by atoms with Crippen molar-refractivity contribution in [1.82, 2.24) is 10.6 Å². The minimum atomic E-state index is -1.02. The quantitative estimate of drug-likeness (QED) is 0.0177. The Labute approximate surface area is 356 Å². The Morgan fingerprint density at radius 3 is 2.05 bits per heavy atom. The molecule has 0 radical (unpaired) electrons. The fourth-order valence-electron chi connectivity index (χ4n) is 7.32. The van der Waals surface area contributed by atoms with Gasteiger partial charge < -0.3 is 30.6 Å². The number of Topliss-reactive ketones (excluding diaryl/α,β-unsaturated/α-hetero) is 1. The predicted molar refractivity (Wildman–Crippen MR) is 237 cm³/mol. The number of unbranched alkanes of at least 4 members (excludes halogenated alkanes) is 1. The molecule has 0 heterocycles. The van der Waals surface area contributed by atoms with Gasteiger partial charge in [-0.3, -0.25) is 30.8 Å². The molecule has 13 heteroatoms. The number of esters is 1. The van der Waals surface area contributed by atoms with E-state index in [1.54, 1.807) is 7.11 Å². The molecule has 0 aliphatic carbocycles. The number of rotatable bonds is 24. The number of carbonyl (C=O) groups is 4. The maximum atomic E-state index is 14.2. The number of benzene rings is 5. The summed E-state index contributed by atoms with van der Waals surface area (Å²) in [6.45, 7) is 4.42. The van der Waals surface area contributed by atoms with Crippen LogP contribution in [0.5, 0.6) is 11.5 Å². The van der Waals surface area contributed by atoms with Crippen LogP contribution >= 0.6 is 0 Å². The number of fused-ring (bicyclic) bond motifs is 2. The molecule has 0 spiro atoms. The van der Waals surface area contributed by atoms with Gasteiger partial charge in [-0.1, -0.05) is 97.1 Å². The standard InChI is InChI=1S/C48H56N6O7/c1-3-14-39(47(58)61-30-32-15-5-4-6-16-32)54-46(57)35(19-13-28-52-48(50)51)29-40(55)38(22-11-12-27-49)53-43(56)31-60-42-26-24-34-18-8-10-21-37(34)45(42)44-36-20-9-7-17-33(36)23-25-41(44)59-2/h3-10,15-18,20-21,23-26,35,38-39H,1,11-14,19,22,27-31,49H2,2H3,(H,53,56)(H,54,57)(H4,50,51,52)/p+2/t35-,38+,39-/m0/s1. The van der Waals surface area contributed by atoms with Crippen LogP contribution in [0.25, 0.3) is 32.7 Å². The summed E-state index contributed by atoms with van der Waals surface area (Å²) in [4.78, 5) is 57.8. The van der Waals surface area contributed by atoms with E-state index in [1.807, 2.05) is 103 Å². The Kier molecular flexibility index (Phi) is 17.2. The number of quaternary nitrogens is 1. The van der Waals surface area contributed by atoms with E-state index in [4.69, 9.17) is 25.7 Å². The van der Waals surface area contributed by atoms with Crippen molar-refractivity contribution in [3.05, 3.63) is 121 Å². The Bertz CT molecular complexity index is 2310. The molecule has 0 aliphatic heterocycles. The second-order valence-electron chi connectivity index (χ2n) is 14.9. The number of carbonyl (C=O) groups excluding carboxylic acids is 4. The van der Waals surface area contributed by atoms with E-state index in [0.29, 0.717) is 43.9 Å². The van der Waals surface area contributed by atoms with Crippen LogP contribution in [0.1, 0.15) is 50.5 Å². The predicted octanol–water partition coefficient (Wildman–Crippen LogP) is 3.46. The molecule has 320 valence electrons. The fraction of sp³-hybridized carbons (Fsp3) is 0.312. The van der Waals surface area contributed by atoms with E-state index in [-0.39, 0.29) is 44.2 Å². The zero-order valence-corrected chi connectivity index (χ0v) is 34.8. The number of nitrogens with one attached hydrogen (secondary N) is 3. The van der Waals surface area contributed by atoms with E-state index < -0.39 is 35.8 Å². The van der Waals surface area contributed by atoms with Crippen LogP contribution in [0.15, 0.2) is 116 Å². The zero-order chi connectivity index (χ0) is 43.6. The summed E-state index contributed by atoms with van der Waals surface area (Å²) >= 11 is 0. The molecule has 3 atom stereocenters. The first kappa shape index (κ1) is 45.4. The molecular weight excluding hydrogens is 773 g/mol. The number of ether oxygens (including phenoxy) is 3. The van der Waals surface area contributed by atoms with Crippen molar-refractivity contribution in [2.24, 2.45) is 17.4 Å². The molecule has 5 aromatic carbocycles. The van der Waals surface area contributed by atoms with Gasteiger partial charge in [-0.15, -0.1) is 6.58 Å². The number of hydrogen-bond donors (Lipinski definition) is 6. The molecule has 0 aliphatic rings. The Hall–Kier alpha value is -6.73. The van der Waals surface area contributed by atoms with Crippen molar-refractivity contribution in [2.45, 2.75) is 63.6 Å². The molecule has 0 saturated carbocycles. The largest absolute Gasteiger partial charge is 0.496 e. The summed E-state index contributed by atoms with van der Waals surface area (Å²) in [5.74, 6) is -1.63. The summed E-state index contributed by atoms with van der Waals surface area (Å²) in [5.41, 5.74) is 17.5. The molecule has 5 rings (SSSR count). The van der Waals surface area contributed by atoms with Gasteiger partial charge in [-0.25, -0.2) is 4.79 Å². The smallest absolute Gasteiger partial charge is 0.338 e. The van der Waals surface area contributed by atoms with Crippen molar-refractivity contribution < 1.29 is 44.1 Å². The highest BCUT2D eigenvalue weighted by Gasteiger charge is 2.31. The number of hydrogen-bond acceptors (Lipinski definition) is 7. The molecule has 5 aromatic rings. The lowest BCUT2D eigenvalue weighted by molar-refractivity contribution is -0.459. The molecule has 0 aromatic heterocycles. The summed E-state index contributed by atoms with van der Waals surface area (Å²) in [6, 6.07) is 30.9. The van der Waals surface area contributed by atoms with Crippen molar-refractivity contribution >= 4 is 51.1 Å². The average Bonchev–Trinajstić information content (AvgIpc) is 3.27. The summed E-state index contributed by atoms with van der Waals surface area (Å²) in [6.07, 6.45) is 3.86. The van der Waals surface area contributed by atoms with Crippen molar-refractivity contribution in [3.63, 3.8) is 0 Å². The number of methoxy groups -OCH3 is 1. The normalized spacial score (nSPS) is 12.4. The number of guanidine groups is 1. The first-order chi connectivity index (χ1) is 29.6. The lowest BCUT2D eigenvalue weighted by Crippen LogP contribution is -2.78. The van der Waals surface area contributed by atoms with E-state index in [9.17, 15) is 19.2 Å². The Morgan fingerprint density at radius 2 is 1.41 bits per heavy atom. The van der Waals surface area contributed by atoms with Gasteiger partial charge in [0, 0.05) is 23.5 Å². The third kappa shape index (κ3) is 12.9. The number of ketones is 1. The van der Waals surface area contributed by atoms with Crippen LogP contribution in [0.3, 0.4) is 0 Å². The minimum Gasteiger partial charge on any atom is -0.496 e. The van der Waals surface area contributed by atoms with Crippen LogP contribution in [0.4, 0.5) is 0 Å². The van der Waals surface area contributed by atoms with Gasteiger partial charge in [0.2, 0.25) is 5.91 Å². The number of amides is 2. The SMILES string of the molecule is C=CC[C@H](NC(=O)[C@@H](CCC[NH+]=C(N)N)CC(=O)[C@@H](CCCC[NH3+])NC(=O)COc1ccc2ccccc2c1-c1c(OC)ccc2ccccc12)C(=O)OCc1ccccc1. The van der Waals surface area contributed by atoms with Gasteiger partial charge in [0.15, 0.2) is 12.4 Å². The van der Waals surface area contributed by atoms with Gasteiger partial charge in [0.1, 0.15) is 24.1 Å². The van der Waals surface area contributed by atoms with Gasteiger partial charge in [0.05, 0.1) is 26.2 Å². The van der Waals surface area contributed by atoms with E-state index in [1.165, 1.54) is 6.08 Å². The first-order valence-corrected chi connectivity index (χ1v) is 20.7. The van der Waals surface area contributed by atoms with Crippen LogP contribution in [0.2, 0.25) is 0 Å². The van der Waals surface area contributed by atoms with Crippen molar-refractivity contribution in [1.29, 1.82) is 0 Å². The molecular formula is C48H58N6O7+2. The molecule has 0 unspecified atom stereocenters. The van der Waals surface area contributed by atoms with Crippen LogP contribution < -0.4 is 42.3 Å². The van der Waals surface area contributed by atoms with E-state index in [0.717, 1.165) is 44.7 Å². The molecule has 13 nitrogen and oxygen atoms in total. The lowest BCUT2D eigenvalue weighted by atomic mass is 9.91. The highest BCUT2D eigenvalue weighted by Crippen LogP contribution is 2.45. The average molecular weight is 831 g/mol. The van der Waals surface area contributed by atoms with Gasteiger partial charge in [-0.05, 0) is 77.8 Å². The highest BCUT2D eigenvalue weighted by atomic mass is 16.5. The van der Waals surface area contributed by atoms with E-state index >= 15 is 0 Å². The zero-order valence-electron chi connectivity index (χ0n) is 34.8. The third-order valence-electron chi connectivity index (χ3n) is 10.4. The fourth-order valence-corrected chi connectivity index (χ4v) is 7.32. The van der Waals surface area contributed by atoms with Crippen LogP contribution in [-0.4, -0.2) is 68.4 Å². The molecule has 61 heavy (non-hydrogen) atoms. The monoisotopic (exact) mass is 830 g/mol. The molecule has 0 bridgehead atoms. The first-order valence-electron chi connectivity index (χ1n) is 20.7. The Morgan fingerprint density at radius 1 is 0.770 bits per heavy atom. The third-order valence-corrected chi connectivity index (χ3v) is 10.4. The summed E-state index contributed by atoms with van der Waals surface area (Å²) in [7, 11) is 1.62. The summed E-state index contributed by atoms with van der Waals surface area (Å²) in [5, 5.41) is 9.58. The highest BCUT2D eigenvalue weighted by molar-refractivity contribution is 6.10. The maximum Gasteiger partial charge on any atom is 0.338 e. The molecule has 0 saturated heterocycles. The minimum absolute atomic E-state index is 0.0334. The Balaban J connectivity index is 1.34. The molecule has 0 fully saturated rings. The lowest BCUT2D eigenvalue weighted by Gasteiger charge is -2.23. The van der Waals surface area contributed by atoms with E-state index in [2.05, 4.69) is 27.9 Å². The van der Waals surface area contributed by atoms with Crippen molar-refractivity contribution in [2.75, 3.05) is 26.8 Å². The number of nitrogens with two attached hydrogens (primary N) is 2. The van der Waals surface area contributed by atoms with Gasteiger partial charge >= 0.3 is 11.9 Å². The second-order valence-corrected chi connectivity index (χ2v) is 14.9. The molecule has 2 amide bonds. The topological polar surface area (TPSA) is 214 Å². The van der Waals surface area contributed by atoms with Crippen LogP contribution in [0, 0.1) is 5.92 Å². The summed E-state index contributed by atoms with van der Waals surface area (Å²) < 4.78 is 17.7.